The fraction of sp³-hybridized carbons (Fsp3) is 0.158. The summed E-state index contributed by atoms with van der Waals surface area (Å²) in [7, 11) is -5.65. The Morgan fingerprint density at radius 3 is 2.18 bits per heavy atom. The van der Waals surface area contributed by atoms with E-state index in [1.807, 2.05) is 6.07 Å². The van der Waals surface area contributed by atoms with Crippen molar-refractivity contribution >= 4 is 15.7 Å². The highest BCUT2D eigenvalue weighted by Crippen LogP contribution is 2.42. The minimum absolute atomic E-state index is 0.0706. The third-order valence-corrected chi connectivity index (χ3v) is 6.40. The van der Waals surface area contributed by atoms with Gasteiger partial charge >= 0.3 is 15.5 Å². The summed E-state index contributed by atoms with van der Waals surface area (Å²) in [4.78, 5) is 0. The number of hydrogen-bond donors (Lipinski definition) is 1. The SMILES string of the molecule is NCC1=CC=CC[N+]1(c1ccc(Oc2ccccc2)cc1)S(=O)(=O)C(F)(F)F. The summed E-state index contributed by atoms with van der Waals surface area (Å²) in [5, 5.41) is 0. The number of alkyl halides is 3. The Labute approximate surface area is 160 Å². The van der Waals surface area contributed by atoms with Crippen LogP contribution in [0, 0.1) is 0 Å². The number of quaternary nitrogens is 1. The molecule has 28 heavy (non-hydrogen) atoms. The normalized spacial score (nSPS) is 19.9. The molecule has 0 spiro atoms. The Kier molecular flexibility index (Phi) is 5.33. The summed E-state index contributed by atoms with van der Waals surface area (Å²) in [6, 6.07) is 14.3. The van der Waals surface area contributed by atoms with Gasteiger partial charge in [-0.05, 0) is 36.4 Å². The average molecular weight is 411 g/mol. The predicted molar refractivity (Wildman–Crippen MR) is 101 cm³/mol. The molecule has 2 aromatic rings. The lowest BCUT2D eigenvalue weighted by Gasteiger charge is -2.37. The van der Waals surface area contributed by atoms with Gasteiger partial charge < -0.3 is 10.5 Å². The van der Waals surface area contributed by atoms with Crippen molar-refractivity contribution in [2.75, 3.05) is 13.1 Å². The van der Waals surface area contributed by atoms with Gasteiger partial charge in [0.15, 0.2) is 5.69 Å². The number of hydrogen-bond acceptors (Lipinski definition) is 4. The van der Waals surface area contributed by atoms with Gasteiger partial charge in [-0.2, -0.15) is 21.6 Å². The molecule has 0 radical (unpaired) electrons. The largest absolute Gasteiger partial charge is 0.550 e. The standard InChI is InChI=1S/C19H18F3N2O3S/c20-19(21,22)28(25,26)24(13-5-4-6-16(24)14-23)15-9-11-18(12-10-15)27-17-7-2-1-3-8-17/h1-12H,13-14,23H2/q+1. The molecule has 0 fully saturated rings. The van der Waals surface area contributed by atoms with Gasteiger partial charge in [0.05, 0.1) is 6.54 Å². The van der Waals surface area contributed by atoms with Crippen molar-refractivity contribution in [1.29, 1.82) is 0 Å². The summed E-state index contributed by atoms with van der Waals surface area (Å²) in [6.07, 6.45) is 4.18. The van der Waals surface area contributed by atoms with E-state index in [1.165, 1.54) is 42.5 Å². The molecule has 1 unspecified atom stereocenters. The molecule has 0 amide bonds. The van der Waals surface area contributed by atoms with Gasteiger partial charge in [0, 0.05) is 12.1 Å². The van der Waals surface area contributed by atoms with Crippen molar-refractivity contribution in [3.63, 3.8) is 0 Å². The average Bonchev–Trinajstić information content (AvgIpc) is 2.68. The maximum absolute atomic E-state index is 13.5. The van der Waals surface area contributed by atoms with Gasteiger partial charge in [-0.15, -0.1) is 3.89 Å². The lowest BCUT2D eigenvalue weighted by Crippen LogP contribution is -2.60. The molecule has 5 nitrogen and oxygen atoms in total. The molecular weight excluding hydrogens is 393 g/mol. The molecule has 3 rings (SSSR count). The number of nitrogens with two attached hydrogens (primary N) is 1. The number of benzene rings is 2. The van der Waals surface area contributed by atoms with Crippen LogP contribution in [0.3, 0.4) is 0 Å². The third kappa shape index (κ3) is 3.32. The summed E-state index contributed by atoms with van der Waals surface area (Å²) in [6.45, 7) is -0.758. The molecule has 2 aromatic carbocycles. The molecular formula is C19H18F3N2O3S+. The van der Waals surface area contributed by atoms with Crippen LogP contribution in [0.4, 0.5) is 18.9 Å². The van der Waals surface area contributed by atoms with E-state index in [0.29, 0.717) is 11.5 Å². The quantitative estimate of drug-likeness (QED) is 0.754. The molecule has 0 aliphatic carbocycles. The van der Waals surface area contributed by atoms with E-state index in [4.69, 9.17) is 10.5 Å². The molecule has 0 saturated carbocycles. The fourth-order valence-corrected chi connectivity index (χ4v) is 4.54. The monoisotopic (exact) mass is 411 g/mol. The van der Waals surface area contributed by atoms with Gasteiger partial charge in [-0.3, -0.25) is 0 Å². The zero-order valence-electron chi connectivity index (χ0n) is 14.6. The van der Waals surface area contributed by atoms with Crippen LogP contribution in [-0.2, 0) is 10.0 Å². The van der Waals surface area contributed by atoms with Gasteiger partial charge in [0.1, 0.15) is 23.7 Å². The second-order valence-electron chi connectivity index (χ2n) is 6.04. The Morgan fingerprint density at radius 1 is 1.00 bits per heavy atom. The van der Waals surface area contributed by atoms with E-state index in [2.05, 4.69) is 0 Å². The van der Waals surface area contributed by atoms with Gasteiger partial charge in [0.2, 0.25) is 0 Å². The van der Waals surface area contributed by atoms with Crippen molar-refractivity contribution in [3.8, 4) is 11.5 Å². The van der Waals surface area contributed by atoms with Crippen molar-refractivity contribution in [3.05, 3.63) is 78.5 Å². The first kappa shape index (κ1) is 20.1. The zero-order chi connectivity index (χ0) is 20.4. The molecule has 9 heteroatoms. The van der Waals surface area contributed by atoms with Gasteiger partial charge in [0.25, 0.3) is 0 Å². The van der Waals surface area contributed by atoms with E-state index in [0.717, 1.165) is 0 Å². The fourth-order valence-electron chi connectivity index (χ4n) is 3.06. The molecule has 1 atom stereocenters. The molecule has 1 heterocycles. The van der Waals surface area contributed by atoms with Crippen LogP contribution in [0.1, 0.15) is 0 Å². The van der Waals surface area contributed by atoms with E-state index >= 15 is 0 Å². The maximum Gasteiger partial charge on any atom is 0.550 e. The number of nitrogens with zero attached hydrogens (tertiary/aromatic N) is 1. The molecule has 2 N–H and O–H groups in total. The number of halogens is 3. The molecule has 0 saturated heterocycles. The van der Waals surface area contributed by atoms with Crippen LogP contribution >= 0.6 is 0 Å². The Hall–Kier alpha value is -2.62. The first-order valence-corrected chi connectivity index (χ1v) is 9.76. The first-order chi connectivity index (χ1) is 13.2. The Morgan fingerprint density at radius 2 is 1.61 bits per heavy atom. The van der Waals surface area contributed by atoms with Crippen LogP contribution in [0.25, 0.3) is 0 Å². The van der Waals surface area contributed by atoms with Crippen LogP contribution in [0.2, 0.25) is 0 Å². The second-order valence-corrected chi connectivity index (χ2v) is 8.08. The van der Waals surface area contributed by atoms with E-state index < -0.39 is 26.0 Å². The third-order valence-electron chi connectivity index (χ3n) is 4.40. The van der Waals surface area contributed by atoms with Crippen LogP contribution in [0.15, 0.2) is 78.5 Å². The van der Waals surface area contributed by atoms with Crippen molar-refractivity contribution in [2.45, 2.75) is 5.51 Å². The first-order valence-electron chi connectivity index (χ1n) is 8.32. The summed E-state index contributed by atoms with van der Waals surface area (Å²) < 4.78 is 69.8. The molecule has 0 bridgehead atoms. The minimum Gasteiger partial charge on any atom is -0.457 e. The zero-order valence-corrected chi connectivity index (χ0v) is 15.5. The predicted octanol–water partition coefficient (Wildman–Crippen LogP) is 4.05. The van der Waals surface area contributed by atoms with E-state index in [-0.39, 0.29) is 17.9 Å². The lowest BCUT2D eigenvalue weighted by atomic mass is 10.2. The molecule has 1 aliphatic rings. The van der Waals surface area contributed by atoms with Crippen molar-refractivity contribution in [2.24, 2.45) is 5.73 Å². The van der Waals surface area contributed by atoms with E-state index in [9.17, 15) is 21.6 Å². The number of para-hydroxylation sites is 1. The summed E-state index contributed by atoms with van der Waals surface area (Å²) in [5.41, 5.74) is 0.0180. The van der Waals surface area contributed by atoms with Crippen molar-refractivity contribution in [1.82, 2.24) is 3.89 Å². The van der Waals surface area contributed by atoms with Gasteiger partial charge in [-0.1, -0.05) is 24.3 Å². The highest BCUT2D eigenvalue weighted by Gasteiger charge is 2.63. The second kappa shape index (κ2) is 7.42. The van der Waals surface area contributed by atoms with E-state index in [1.54, 1.807) is 24.3 Å². The lowest BCUT2D eigenvalue weighted by molar-refractivity contribution is -0.0476. The number of rotatable bonds is 5. The summed E-state index contributed by atoms with van der Waals surface area (Å²) in [5.74, 6) is 0.911. The van der Waals surface area contributed by atoms with Crippen molar-refractivity contribution < 1.29 is 26.3 Å². The molecule has 1 aliphatic heterocycles. The van der Waals surface area contributed by atoms with Crippen LogP contribution in [-0.4, -0.2) is 27.0 Å². The molecule has 0 aromatic heterocycles. The number of allylic oxidation sites excluding steroid dienone is 2. The highest BCUT2D eigenvalue weighted by molar-refractivity contribution is 7.92. The highest BCUT2D eigenvalue weighted by atomic mass is 32.2. The smallest absolute Gasteiger partial charge is 0.457 e. The number of sulfonamides is 1. The van der Waals surface area contributed by atoms with Gasteiger partial charge in [-0.25, -0.2) is 0 Å². The Bertz CT molecular complexity index is 1000. The number of ether oxygens (including phenoxy) is 1. The maximum atomic E-state index is 13.5. The van der Waals surface area contributed by atoms with Crippen LogP contribution in [0.5, 0.6) is 11.5 Å². The topological polar surface area (TPSA) is 69.4 Å². The minimum atomic E-state index is -5.65. The summed E-state index contributed by atoms with van der Waals surface area (Å²) >= 11 is 0. The molecule has 148 valence electrons. The van der Waals surface area contributed by atoms with Crippen LogP contribution < -0.4 is 14.4 Å². The Balaban J connectivity index is 2.07.